The minimum absolute atomic E-state index is 0.466. The van der Waals surface area contributed by atoms with Crippen LogP contribution in [0, 0.1) is 0 Å². The number of thiocarbonyl (C=S) groups is 1. The van der Waals surface area contributed by atoms with Gasteiger partial charge in [0.1, 0.15) is 12.1 Å². The van der Waals surface area contributed by atoms with Crippen molar-refractivity contribution in [3.05, 3.63) is 42.9 Å². The Bertz CT molecular complexity index is 497. The van der Waals surface area contributed by atoms with Gasteiger partial charge in [-0.05, 0) is 42.5 Å². The van der Waals surface area contributed by atoms with Crippen LogP contribution in [0.2, 0.25) is 0 Å². The molecule has 0 radical (unpaired) electrons. The SMILES string of the molecule is Nc1ccc(NC(=S)Nc2ccncn2)cc1. The van der Waals surface area contributed by atoms with Gasteiger partial charge < -0.3 is 16.4 Å². The van der Waals surface area contributed by atoms with E-state index in [2.05, 4.69) is 20.6 Å². The molecule has 2 rings (SSSR count). The third kappa shape index (κ3) is 3.39. The van der Waals surface area contributed by atoms with E-state index in [4.69, 9.17) is 18.0 Å². The van der Waals surface area contributed by atoms with Crippen LogP contribution in [0.25, 0.3) is 0 Å². The highest BCUT2D eigenvalue weighted by molar-refractivity contribution is 7.80. The second kappa shape index (κ2) is 5.22. The van der Waals surface area contributed by atoms with Crippen LogP contribution in [0.4, 0.5) is 17.2 Å². The van der Waals surface area contributed by atoms with Crippen LogP contribution in [0.5, 0.6) is 0 Å². The van der Waals surface area contributed by atoms with Crippen molar-refractivity contribution in [2.45, 2.75) is 0 Å². The normalized spacial score (nSPS) is 9.65. The lowest BCUT2D eigenvalue weighted by Gasteiger charge is -2.09. The zero-order valence-electron chi connectivity index (χ0n) is 8.92. The number of benzene rings is 1. The van der Waals surface area contributed by atoms with Crippen LogP contribution in [0.1, 0.15) is 0 Å². The highest BCUT2D eigenvalue weighted by Crippen LogP contribution is 2.11. The summed E-state index contributed by atoms with van der Waals surface area (Å²) in [6, 6.07) is 9.04. The maximum atomic E-state index is 5.59. The molecule has 86 valence electrons. The lowest BCUT2D eigenvalue weighted by atomic mass is 10.3. The predicted octanol–water partition coefficient (Wildman–Crippen LogP) is 1.87. The third-order valence-electron chi connectivity index (χ3n) is 1.99. The largest absolute Gasteiger partial charge is 0.399 e. The van der Waals surface area contributed by atoms with E-state index < -0.39 is 0 Å². The maximum absolute atomic E-state index is 5.59. The third-order valence-corrected chi connectivity index (χ3v) is 2.20. The first-order chi connectivity index (χ1) is 8.24. The van der Waals surface area contributed by atoms with Gasteiger partial charge in [0.2, 0.25) is 0 Å². The van der Waals surface area contributed by atoms with E-state index in [1.165, 1.54) is 6.33 Å². The van der Waals surface area contributed by atoms with Gasteiger partial charge in [-0.3, -0.25) is 0 Å². The molecule has 1 aromatic carbocycles. The minimum Gasteiger partial charge on any atom is -0.399 e. The van der Waals surface area contributed by atoms with Gasteiger partial charge in [0.25, 0.3) is 0 Å². The average molecular weight is 245 g/mol. The van der Waals surface area contributed by atoms with Gasteiger partial charge in [-0.1, -0.05) is 0 Å². The molecule has 17 heavy (non-hydrogen) atoms. The lowest BCUT2D eigenvalue weighted by Crippen LogP contribution is -2.19. The number of nitrogens with one attached hydrogen (secondary N) is 2. The van der Waals surface area contributed by atoms with Gasteiger partial charge in [0, 0.05) is 17.6 Å². The first kappa shape index (κ1) is 11.3. The number of nitrogen functional groups attached to an aromatic ring is 1. The topological polar surface area (TPSA) is 75.9 Å². The van der Waals surface area contributed by atoms with Gasteiger partial charge in [0.05, 0.1) is 0 Å². The van der Waals surface area contributed by atoms with Crippen molar-refractivity contribution >= 4 is 34.5 Å². The predicted molar refractivity (Wildman–Crippen MR) is 72.7 cm³/mol. The number of hydrogen-bond acceptors (Lipinski definition) is 4. The summed E-state index contributed by atoms with van der Waals surface area (Å²) in [7, 11) is 0. The molecule has 5 nitrogen and oxygen atoms in total. The van der Waals surface area contributed by atoms with Crippen LogP contribution in [-0.4, -0.2) is 15.1 Å². The summed E-state index contributed by atoms with van der Waals surface area (Å²) in [5.74, 6) is 0.646. The second-order valence-corrected chi connectivity index (χ2v) is 3.70. The standard InChI is InChI=1S/C11H11N5S/c12-8-1-3-9(4-2-8)15-11(17)16-10-5-6-13-7-14-10/h1-7H,12H2,(H2,13,14,15,16,17). The highest BCUT2D eigenvalue weighted by Gasteiger charge is 1.98. The number of rotatable bonds is 2. The van der Waals surface area contributed by atoms with E-state index in [1.807, 2.05) is 12.1 Å². The molecule has 4 N–H and O–H groups in total. The van der Waals surface area contributed by atoms with Crippen LogP contribution in [0.15, 0.2) is 42.9 Å². The van der Waals surface area contributed by atoms with E-state index >= 15 is 0 Å². The molecule has 0 aliphatic carbocycles. The molecule has 0 aliphatic rings. The second-order valence-electron chi connectivity index (χ2n) is 3.30. The molecule has 0 fully saturated rings. The number of nitrogens with two attached hydrogens (primary N) is 1. The molecule has 6 heteroatoms. The van der Waals surface area contributed by atoms with Gasteiger partial charge in [-0.2, -0.15) is 0 Å². The number of hydrogen-bond donors (Lipinski definition) is 3. The van der Waals surface area contributed by atoms with Crippen molar-refractivity contribution < 1.29 is 0 Å². The van der Waals surface area contributed by atoms with E-state index in [0.717, 1.165) is 5.69 Å². The summed E-state index contributed by atoms with van der Waals surface area (Å²) in [5, 5.41) is 6.43. The monoisotopic (exact) mass is 245 g/mol. The number of anilines is 3. The summed E-state index contributed by atoms with van der Waals surface area (Å²) < 4.78 is 0. The number of nitrogens with zero attached hydrogens (tertiary/aromatic N) is 2. The van der Waals surface area contributed by atoms with Crippen molar-refractivity contribution in [3.63, 3.8) is 0 Å². The molecular weight excluding hydrogens is 234 g/mol. The maximum Gasteiger partial charge on any atom is 0.176 e. The Morgan fingerprint density at radius 2 is 1.88 bits per heavy atom. The summed E-state index contributed by atoms with van der Waals surface area (Å²) in [6.07, 6.45) is 3.09. The van der Waals surface area contributed by atoms with E-state index in [-0.39, 0.29) is 0 Å². The Morgan fingerprint density at radius 1 is 1.12 bits per heavy atom. The Kier molecular flexibility index (Phi) is 3.46. The number of aromatic nitrogens is 2. The first-order valence-corrected chi connectivity index (χ1v) is 5.34. The fraction of sp³-hybridized carbons (Fsp3) is 0. The van der Waals surface area contributed by atoms with Gasteiger partial charge >= 0.3 is 0 Å². The minimum atomic E-state index is 0.466. The summed E-state index contributed by atoms with van der Waals surface area (Å²) in [4.78, 5) is 7.82. The average Bonchev–Trinajstić information content (AvgIpc) is 2.33. The molecule has 0 atom stereocenters. The van der Waals surface area contributed by atoms with Crippen molar-refractivity contribution in [1.82, 2.24) is 9.97 Å². The zero-order chi connectivity index (χ0) is 12.1. The molecule has 0 saturated heterocycles. The smallest absolute Gasteiger partial charge is 0.176 e. The van der Waals surface area contributed by atoms with E-state index in [1.54, 1.807) is 24.4 Å². The van der Waals surface area contributed by atoms with Crippen molar-refractivity contribution in [3.8, 4) is 0 Å². The summed E-state index contributed by atoms with van der Waals surface area (Å²) in [6.45, 7) is 0. The van der Waals surface area contributed by atoms with Crippen LogP contribution in [-0.2, 0) is 0 Å². The molecule has 1 aromatic heterocycles. The van der Waals surface area contributed by atoms with Crippen molar-refractivity contribution in [2.24, 2.45) is 0 Å². The first-order valence-electron chi connectivity index (χ1n) is 4.93. The van der Waals surface area contributed by atoms with E-state index in [9.17, 15) is 0 Å². The molecule has 1 heterocycles. The Morgan fingerprint density at radius 3 is 2.53 bits per heavy atom. The Hall–Kier alpha value is -2.21. The molecule has 0 aliphatic heterocycles. The molecule has 0 bridgehead atoms. The van der Waals surface area contributed by atoms with Crippen LogP contribution >= 0.6 is 12.2 Å². The zero-order valence-corrected chi connectivity index (χ0v) is 9.74. The molecule has 0 saturated carbocycles. The van der Waals surface area contributed by atoms with Crippen molar-refractivity contribution in [2.75, 3.05) is 16.4 Å². The van der Waals surface area contributed by atoms with Crippen LogP contribution < -0.4 is 16.4 Å². The van der Waals surface area contributed by atoms with Gasteiger partial charge in [-0.15, -0.1) is 0 Å². The summed E-state index contributed by atoms with van der Waals surface area (Å²) >= 11 is 5.14. The Labute approximate surface area is 104 Å². The summed E-state index contributed by atoms with van der Waals surface area (Å²) in [5.41, 5.74) is 7.17. The molecule has 0 unspecified atom stereocenters. The fourth-order valence-corrected chi connectivity index (χ4v) is 1.43. The van der Waals surface area contributed by atoms with Crippen molar-refractivity contribution in [1.29, 1.82) is 0 Å². The van der Waals surface area contributed by atoms with Crippen LogP contribution in [0.3, 0.4) is 0 Å². The molecule has 0 spiro atoms. The van der Waals surface area contributed by atoms with Gasteiger partial charge in [-0.25, -0.2) is 9.97 Å². The van der Waals surface area contributed by atoms with Gasteiger partial charge in [0.15, 0.2) is 5.11 Å². The van der Waals surface area contributed by atoms with E-state index in [0.29, 0.717) is 16.6 Å². The quantitative estimate of drug-likeness (QED) is 0.554. The Balaban J connectivity index is 1.96. The fourth-order valence-electron chi connectivity index (χ4n) is 1.21. The molecule has 0 amide bonds. The molecular formula is C11H11N5S. The highest BCUT2D eigenvalue weighted by atomic mass is 32.1. The molecule has 2 aromatic rings. The lowest BCUT2D eigenvalue weighted by molar-refractivity contribution is 1.17.